The summed E-state index contributed by atoms with van der Waals surface area (Å²) >= 11 is 3.29. The summed E-state index contributed by atoms with van der Waals surface area (Å²) in [6.07, 6.45) is 1.10. The molecular weight excluding hydrogens is 435 g/mol. The van der Waals surface area contributed by atoms with Gasteiger partial charge in [0.2, 0.25) is 15.9 Å². The Morgan fingerprint density at radius 1 is 1.26 bits per heavy atom. The number of hydrogen-bond donors (Lipinski definition) is 1. The number of amides is 1. The van der Waals surface area contributed by atoms with Gasteiger partial charge in [0.05, 0.1) is 4.90 Å². The maximum Gasteiger partial charge on any atom is 0.243 e. The summed E-state index contributed by atoms with van der Waals surface area (Å²) in [5, 5.41) is 2.78. The minimum Gasteiger partial charge on any atom is -0.351 e. The van der Waals surface area contributed by atoms with Crippen LogP contribution in [0.3, 0.4) is 0 Å². The van der Waals surface area contributed by atoms with E-state index in [1.807, 2.05) is 0 Å². The van der Waals surface area contributed by atoms with Crippen molar-refractivity contribution < 1.29 is 17.6 Å². The van der Waals surface area contributed by atoms with Crippen molar-refractivity contribution in [3.63, 3.8) is 0 Å². The van der Waals surface area contributed by atoms with Crippen LogP contribution >= 0.6 is 15.9 Å². The minimum atomic E-state index is -3.74. The zero-order chi connectivity index (χ0) is 19.6. The van der Waals surface area contributed by atoms with Crippen LogP contribution in [0.4, 0.5) is 4.39 Å². The molecule has 1 aliphatic heterocycles. The SMILES string of the molecule is Cc1cc(CNC(=O)C2CCCN2S(=O)(=O)c2ccc(Br)cc2)ccc1F. The predicted octanol–water partition coefficient (Wildman–Crippen LogP) is 3.37. The van der Waals surface area contributed by atoms with Gasteiger partial charge >= 0.3 is 0 Å². The molecule has 1 saturated heterocycles. The van der Waals surface area contributed by atoms with Gasteiger partial charge in [0.1, 0.15) is 11.9 Å². The Bertz CT molecular complexity index is 948. The highest BCUT2D eigenvalue weighted by molar-refractivity contribution is 9.10. The van der Waals surface area contributed by atoms with Gasteiger partial charge in [-0.2, -0.15) is 4.31 Å². The van der Waals surface area contributed by atoms with Crippen LogP contribution in [0.1, 0.15) is 24.0 Å². The van der Waals surface area contributed by atoms with Crippen LogP contribution in [0.5, 0.6) is 0 Å². The number of benzene rings is 2. The number of nitrogens with one attached hydrogen (secondary N) is 1. The fourth-order valence-electron chi connectivity index (χ4n) is 3.16. The first kappa shape index (κ1) is 20.0. The molecule has 0 aromatic heterocycles. The number of sulfonamides is 1. The van der Waals surface area contributed by atoms with E-state index in [1.54, 1.807) is 31.2 Å². The Morgan fingerprint density at radius 3 is 2.63 bits per heavy atom. The molecule has 1 unspecified atom stereocenters. The number of carbonyl (C=O) groups is 1. The van der Waals surface area contributed by atoms with E-state index in [1.165, 1.54) is 22.5 Å². The van der Waals surface area contributed by atoms with Crippen LogP contribution in [-0.4, -0.2) is 31.2 Å². The minimum absolute atomic E-state index is 0.166. The first-order chi connectivity index (χ1) is 12.8. The number of aryl methyl sites for hydroxylation is 1. The van der Waals surface area contributed by atoms with E-state index >= 15 is 0 Å². The standard InChI is InChI=1S/C19H20BrFN2O3S/c1-13-11-14(4-9-17(13)21)12-22-19(24)18-3-2-10-23(18)27(25,26)16-7-5-15(20)6-8-16/h4-9,11,18H,2-3,10,12H2,1H3,(H,22,24). The van der Waals surface area contributed by atoms with Gasteiger partial charge in [0.25, 0.3) is 0 Å². The third kappa shape index (κ3) is 4.39. The van der Waals surface area contributed by atoms with E-state index in [2.05, 4.69) is 21.2 Å². The second-order valence-electron chi connectivity index (χ2n) is 6.53. The highest BCUT2D eigenvalue weighted by Gasteiger charge is 2.39. The molecule has 1 N–H and O–H groups in total. The lowest BCUT2D eigenvalue weighted by molar-refractivity contribution is -0.124. The Balaban J connectivity index is 1.72. The van der Waals surface area contributed by atoms with Crippen LogP contribution < -0.4 is 5.32 Å². The summed E-state index contributed by atoms with van der Waals surface area (Å²) in [6, 6.07) is 10.3. The van der Waals surface area contributed by atoms with Gasteiger partial charge in [-0.1, -0.05) is 28.1 Å². The summed E-state index contributed by atoms with van der Waals surface area (Å²) in [6.45, 7) is 2.19. The molecule has 27 heavy (non-hydrogen) atoms. The van der Waals surface area contributed by atoms with Crippen molar-refractivity contribution in [3.8, 4) is 0 Å². The zero-order valence-corrected chi connectivity index (χ0v) is 17.2. The fourth-order valence-corrected chi connectivity index (χ4v) is 5.08. The Morgan fingerprint density at radius 2 is 1.96 bits per heavy atom. The van der Waals surface area contributed by atoms with Crippen molar-refractivity contribution in [1.82, 2.24) is 9.62 Å². The molecule has 2 aromatic rings. The van der Waals surface area contributed by atoms with Gasteiger partial charge < -0.3 is 5.32 Å². The molecule has 1 fully saturated rings. The van der Waals surface area contributed by atoms with Crippen molar-refractivity contribution in [3.05, 3.63) is 63.9 Å². The Labute approximate surface area is 166 Å². The van der Waals surface area contributed by atoms with E-state index in [4.69, 9.17) is 0 Å². The summed E-state index contributed by atoms with van der Waals surface area (Å²) in [5.41, 5.74) is 1.27. The summed E-state index contributed by atoms with van der Waals surface area (Å²) < 4.78 is 41.2. The second kappa shape index (κ2) is 8.08. The maximum absolute atomic E-state index is 13.3. The zero-order valence-electron chi connectivity index (χ0n) is 14.8. The predicted molar refractivity (Wildman–Crippen MR) is 104 cm³/mol. The molecule has 0 bridgehead atoms. The van der Waals surface area contributed by atoms with Crippen molar-refractivity contribution in [2.24, 2.45) is 0 Å². The molecular formula is C19H20BrFN2O3S. The lowest BCUT2D eigenvalue weighted by atomic mass is 10.1. The van der Waals surface area contributed by atoms with Gasteiger partial charge in [0.15, 0.2) is 0 Å². The highest BCUT2D eigenvalue weighted by atomic mass is 79.9. The van der Waals surface area contributed by atoms with Crippen molar-refractivity contribution in [1.29, 1.82) is 0 Å². The third-order valence-electron chi connectivity index (χ3n) is 4.62. The first-order valence-corrected chi connectivity index (χ1v) is 10.8. The number of rotatable bonds is 5. The quantitative estimate of drug-likeness (QED) is 0.752. The molecule has 0 saturated carbocycles. The summed E-state index contributed by atoms with van der Waals surface area (Å²) in [4.78, 5) is 12.8. The summed E-state index contributed by atoms with van der Waals surface area (Å²) in [7, 11) is -3.74. The van der Waals surface area contributed by atoms with E-state index < -0.39 is 16.1 Å². The Hall–Kier alpha value is -1.77. The molecule has 144 valence electrons. The molecule has 0 radical (unpaired) electrons. The maximum atomic E-state index is 13.3. The normalized spacial score (nSPS) is 17.8. The molecule has 0 aliphatic carbocycles. The monoisotopic (exact) mass is 454 g/mol. The number of hydrogen-bond acceptors (Lipinski definition) is 3. The lowest BCUT2D eigenvalue weighted by Gasteiger charge is -2.23. The molecule has 1 heterocycles. The molecule has 5 nitrogen and oxygen atoms in total. The third-order valence-corrected chi connectivity index (χ3v) is 7.07. The van der Waals surface area contributed by atoms with Crippen LogP contribution in [0.25, 0.3) is 0 Å². The Kier molecular flexibility index (Phi) is 5.98. The van der Waals surface area contributed by atoms with Gasteiger partial charge in [-0.15, -0.1) is 0 Å². The number of halogens is 2. The topological polar surface area (TPSA) is 66.5 Å². The van der Waals surface area contributed by atoms with Crippen molar-refractivity contribution >= 4 is 31.9 Å². The van der Waals surface area contributed by atoms with Crippen molar-refractivity contribution in [2.45, 2.75) is 37.2 Å². The average Bonchev–Trinajstić information content (AvgIpc) is 3.13. The molecule has 3 rings (SSSR count). The summed E-state index contributed by atoms with van der Waals surface area (Å²) in [5.74, 6) is -0.636. The molecule has 1 aliphatic rings. The van der Waals surface area contributed by atoms with Gasteiger partial charge in [0, 0.05) is 17.6 Å². The van der Waals surface area contributed by atoms with Crippen LogP contribution in [-0.2, 0) is 21.4 Å². The fraction of sp³-hybridized carbons (Fsp3) is 0.316. The van der Waals surface area contributed by atoms with Crippen LogP contribution in [0.2, 0.25) is 0 Å². The van der Waals surface area contributed by atoms with Gasteiger partial charge in [-0.3, -0.25) is 4.79 Å². The van der Waals surface area contributed by atoms with Crippen LogP contribution in [0, 0.1) is 12.7 Å². The lowest BCUT2D eigenvalue weighted by Crippen LogP contribution is -2.45. The van der Waals surface area contributed by atoms with E-state index in [9.17, 15) is 17.6 Å². The highest BCUT2D eigenvalue weighted by Crippen LogP contribution is 2.27. The van der Waals surface area contributed by atoms with E-state index in [0.29, 0.717) is 24.9 Å². The second-order valence-corrected chi connectivity index (χ2v) is 9.34. The van der Waals surface area contributed by atoms with Gasteiger partial charge in [-0.05, 0) is 61.2 Å². The molecule has 0 spiro atoms. The van der Waals surface area contributed by atoms with Crippen molar-refractivity contribution in [2.75, 3.05) is 6.54 Å². The first-order valence-electron chi connectivity index (χ1n) is 8.59. The number of carbonyl (C=O) groups excluding carboxylic acids is 1. The van der Waals surface area contributed by atoms with E-state index in [0.717, 1.165) is 10.0 Å². The molecule has 1 amide bonds. The van der Waals surface area contributed by atoms with E-state index in [-0.39, 0.29) is 23.2 Å². The number of nitrogens with zero attached hydrogens (tertiary/aromatic N) is 1. The average molecular weight is 455 g/mol. The van der Waals surface area contributed by atoms with Crippen LogP contribution in [0.15, 0.2) is 51.8 Å². The molecule has 1 atom stereocenters. The smallest absolute Gasteiger partial charge is 0.243 e. The molecule has 2 aromatic carbocycles. The molecule has 8 heteroatoms. The van der Waals surface area contributed by atoms with Gasteiger partial charge in [-0.25, -0.2) is 12.8 Å². The largest absolute Gasteiger partial charge is 0.351 e.